The van der Waals surface area contributed by atoms with Crippen molar-refractivity contribution in [2.45, 2.75) is 44.0 Å². The highest BCUT2D eigenvalue weighted by molar-refractivity contribution is 7.89. The van der Waals surface area contributed by atoms with Crippen LogP contribution in [-0.2, 0) is 19.6 Å². The molecule has 5 nitrogen and oxygen atoms in total. The molecule has 0 heterocycles. The number of esters is 1. The maximum absolute atomic E-state index is 12.6. The number of rotatable bonds is 5. The molecule has 1 aromatic carbocycles. The van der Waals surface area contributed by atoms with Crippen LogP contribution in [0, 0.1) is 24.7 Å². The minimum Gasteiger partial charge on any atom is -0.466 e. The van der Waals surface area contributed by atoms with Crippen LogP contribution in [0.3, 0.4) is 0 Å². The van der Waals surface area contributed by atoms with Crippen molar-refractivity contribution >= 4 is 16.0 Å². The molecule has 23 heavy (non-hydrogen) atoms. The third kappa shape index (κ3) is 3.15. The van der Waals surface area contributed by atoms with Gasteiger partial charge in [0.25, 0.3) is 0 Å². The molecule has 2 saturated carbocycles. The Morgan fingerprint density at radius 1 is 1.22 bits per heavy atom. The standard InChI is InChI=1S/C17H23NO4S/c1-3-22-17(19)15-12-6-7-13(10-12)16(15)18-23(20,21)14-8-4-11(2)5-9-14/h4-5,8-9,12-13,15-16,18H,3,6-7,10H2,1-2H3/t12-,13+,15+,16+/m1/s1. The van der Waals surface area contributed by atoms with Gasteiger partial charge in [0.05, 0.1) is 17.4 Å². The van der Waals surface area contributed by atoms with Crippen molar-refractivity contribution < 1.29 is 17.9 Å². The van der Waals surface area contributed by atoms with Crippen molar-refractivity contribution in [3.8, 4) is 0 Å². The monoisotopic (exact) mass is 337 g/mol. The fraction of sp³-hybridized carbons (Fsp3) is 0.588. The molecule has 126 valence electrons. The fourth-order valence-electron chi connectivity index (χ4n) is 4.00. The Bertz CT molecular complexity index is 683. The van der Waals surface area contributed by atoms with Gasteiger partial charge in [0.15, 0.2) is 0 Å². The summed E-state index contributed by atoms with van der Waals surface area (Å²) in [6.07, 6.45) is 2.86. The molecule has 2 aliphatic rings. The largest absolute Gasteiger partial charge is 0.466 e. The van der Waals surface area contributed by atoms with Crippen LogP contribution in [0.1, 0.15) is 31.7 Å². The van der Waals surface area contributed by atoms with Gasteiger partial charge >= 0.3 is 5.97 Å². The van der Waals surface area contributed by atoms with Gasteiger partial charge in [-0.05, 0) is 57.1 Å². The van der Waals surface area contributed by atoms with E-state index in [9.17, 15) is 13.2 Å². The average molecular weight is 337 g/mol. The van der Waals surface area contributed by atoms with Crippen molar-refractivity contribution in [1.82, 2.24) is 4.72 Å². The number of aryl methyl sites for hydroxylation is 1. The summed E-state index contributed by atoms with van der Waals surface area (Å²) in [7, 11) is -3.62. The van der Waals surface area contributed by atoms with Crippen molar-refractivity contribution in [2.24, 2.45) is 17.8 Å². The lowest BCUT2D eigenvalue weighted by Gasteiger charge is -2.29. The molecule has 1 aromatic rings. The number of carbonyl (C=O) groups is 1. The van der Waals surface area contributed by atoms with Gasteiger partial charge in [-0.15, -0.1) is 0 Å². The first-order chi connectivity index (χ1) is 10.9. The van der Waals surface area contributed by atoms with Gasteiger partial charge in [0.2, 0.25) is 10.0 Å². The Hall–Kier alpha value is -1.40. The van der Waals surface area contributed by atoms with Crippen LogP contribution in [-0.4, -0.2) is 27.0 Å². The molecule has 0 unspecified atom stereocenters. The van der Waals surface area contributed by atoms with Gasteiger partial charge in [-0.25, -0.2) is 13.1 Å². The van der Waals surface area contributed by atoms with E-state index in [1.54, 1.807) is 31.2 Å². The normalized spacial score (nSPS) is 29.7. The number of ether oxygens (including phenoxy) is 1. The molecule has 0 aliphatic heterocycles. The molecule has 2 fully saturated rings. The van der Waals surface area contributed by atoms with E-state index in [0.29, 0.717) is 6.61 Å². The summed E-state index contributed by atoms with van der Waals surface area (Å²) in [4.78, 5) is 12.5. The number of benzene rings is 1. The Labute approximate surface area is 137 Å². The average Bonchev–Trinajstić information content (AvgIpc) is 3.08. The summed E-state index contributed by atoms with van der Waals surface area (Å²) in [5, 5.41) is 0. The van der Waals surface area contributed by atoms with Gasteiger partial charge in [-0.3, -0.25) is 4.79 Å². The van der Waals surface area contributed by atoms with Crippen LogP contribution in [0.5, 0.6) is 0 Å². The third-order valence-electron chi connectivity index (χ3n) is 5.10. The number of nitrogens with one attached hydrogen (secondary N) is 1. The van der Waals surface area contributed by atoms with E-state index >= 15 is 0 Å². The Kier molecular flexibility index (Phi) is 4.47. The SMILES string of the molecule is CCOC(=O)[C@H]1[C@@H]2CC[C@@H](C2)[C@@H]1NS(=O)(=O)c1ccc(C)cc1. The molecule has 4 atom stereocenters. The summed E-state index contributed by atoms with van der Waals surface area (Å²) in [5.41, 5.74) is 1.01. The zero-order chi connectivity index (χ0) is 16.6. The molecular formula is C17H23NO4S. The molecule has 0 radical (unpaired) electrons. The molecule has 6 heteroatoms. The molecule has 0 spiro atoms. The maximum atomic E-state index is 12.6. The second-order valence-corrected chi connectivity index (χ2v) is 8.29. The summed E-state index contributed by atoms with van der Waals surface area (Å²) < 4.78 is 33.2. The quantitative estimate of drug-likeness (QED) is 0.837. The topological polar surface area (TPSA) is 72.5 Å². The third-order valence-corrected chi connectivity index (χ3v) is 6.57. The van der Waals surface area contributed by atoms with Gasteiger partial charge in [-0.2, -0.15) is 0 Å². The maximum Gasteiger partial charge on any atom is 0.310 e. The molecule has 0 aromatic heterocycles. The van der Waals surface area contributed by atoms with E-state index in [1.807, 2.05) is 6.92 Å². The summed E-state index contributed by atoms with van der Waals surface area (Å²) in [6, 6.07) is 6.41. The predicted molar refractivity (Wildman–Crippen MR) is 86.2 cm³/mol. The van der Waals surface area contributed by atoms with Crippen LogP contribution in [0.4, 0.5) is 0 Å². The summed E-state index contributed by atoms with van der Waals surface area (Å²) in [6.45, 7) is 4.01. The molecule has 0 saturated heterocycles. The molecule has 0 amide bonds. The molecule has 2 aliphatic carbocycles. The van der Waals surface area contributed by atoms with E-state index in [0.717, 1.165) is 24.8 Å². The Balaban J connectivity index is 1.82. The lowest BCUT2D eigenvalue weighted by atomic mass is 9.85. The molecule has 3 rings (SSSR count). The second-order valence-electron chi connectivity index (χ2n) is 6.57. The Morgan fingerprint density at radius 3 is 2.52 bits per heavy atom. The van der Waals surface area contributed by atoms with Crippen LogP contribution in [0.25, 0.3) is 0 Å². The van der Waals surface area contributed by atoms with E-state index in [1.165, 1.54) is 0 Å². The highest BCUT2D eigenvalue weighted by Gasteiger charge is 2.52. The summed E-state index contributed by atoms with van der Waals surface area (Å²) >= 11 is 0. The molecular weight excluding hydrogens is 314 g/mol. The van der Waals surface area contributed by atoms with E-state index < -0.39 is 10.0 Å². The van der Waals surface area contributed by atoms with Crippen LogP contribution in [0.15, 0.2) is 29.2 Å². The first kappa shape index (κ1) is 16.5. The van der Waals surface area contributed by atoms with Crippen molar-refractivity contribution in [3.05, 3.63) is 29.8 Å². The number of sulfonamides is 1. The lowest BCUT2D eigenvalue weighted by molar-refractivity contribution is -0.150. The fourth-order valence-corrected chi connectivity index (χ4v) is 5.33. The van der Waals surface area contributed by atoms with Crippen molar-refractivity contribution in [1.29, 1.82) is 0 Å². The lowest BCUT2D eigenvalue weighted by Crippen LogP contribution is -2.47. The van der Waals surface area contributed by atoms with Gasteiger partial charge in [-0.1, -0.05) is 17.7 Å². The van der Waals surface area contributed by atoms with Crippen molar-refractivity contribution in [2.75, 3.05) is 6.61 Å². The first-order valence-corrected chi connectivity index (χ1v) is 9.66. The predicted octanol–water partition coefficient (Wildman–Crippen LogP) is 2.25. The van der Waals surface area contributed by atoms with Crippen LogP contribution >= 0.6 is 0 Å². The zero-order valence-electron chi connectivity index (χ0n) is 13.5. The molecule has 1 N–H and O–H groups in total. The van der Waals surface area contributed by atoms with Gasteiger partial charge < -0.3 is 4.74 Å². The highest BCUT2D eigenvalue weighted by atomic mass is 32.2. The van der Waals surface area contributed by atoms with Crippen LogP contribution in [0.2, 0.25) is 0 Å². The van der Waals surface area contributed by atoms with Gasteiger partial charge in [0, 0.05) is 6.04 Å². The minimum absolute atomic E-state index is 0.231. The van der Waals surface area contributed by atoms with Crippen LogP contribution < -0.4 is 4.72 Å². The van der Waals surface area contributed by atoms with E-state index in [2.05, 4.69) is 4.72 Å². The smallest absolute Gasteiger partial charge is 0.310 e. The highest BCUT2D eigenvalue weighted by Crippen LogP contribution is 2.49. The number of hydrogen-bond acceptors (Lipinski definition) is 4. The second kappa shape index (κ2) is 6.24. The number of fused-ring (bicyclic) bond motifs is 2. The number of carbonyl (C=O) groups excluding carboxylic acids is 1. The van der Waals surface area contributed by atoms with E-state index in [-0.39, 0.29) is 34.7 Å². The van der Waals surface area contributed by atoms with Crippen molar-refractivity contribution in [3.63, 3.8) is 0 Å². The number of hydrogen-bond donors (Lipinski definition) is 1. The summed E-state index contributed by atoms with van der Waals surface area (Å²) in [5.74, 6) is -0.148. The first-order valence-electron chi connectivity index (χ1n) is 8.18. The van der Waals surface area contributed by atoms with Gasteiger partial charge in [0.1, 0.15) is 0 Å². The van der Waals surface area contributed by atoms with E-state index in [4.69, 9.17) is 4.74 Å². The zero-order valence-corrected chi connectivity index (χ0v) is 14.3. The minimum atomic E-state index is -3.62. The Morgan fingerprint density at radius 2 is 1.87 bits per heavy atom. The molecule has 2 bridgehead atoms.